The molecule has 1 aliphatic heterocycles. The highest BCUT2D eigenvalue weighted by molar-refractivity contribution is 6.76. The van der Waals surface area contributed by atoms with E-state index in [2.05, 4.69) is 25.0 Å². The molecule has 2 aromatic rings. The number of nitrogens with one attached hydrogen (secondary N) is 1. The number of ether oxygens (including phenoxy) is 2. The lowest BCUT2D eigenvalue weighted by atomic mass is 10.1. The van der Waals surface area contributed by atoms with E-state index < -0.39 is 8.07 Å². The van der Waals surface area contributed by atoms with Gasteiger partial charge in [-0.2, -0.15) is 0 Å². The van der Waals surface area contributed by atoms with Crippen LogP contribution in [0.1, 0.15) is 12.8 Å². The zero-order chi connectivity index (χ0) is 17.9. The van der Waals surface area contributed by atoms with E-state index in [4.69, 9.17) is 9.47 Å². The zero-order valence-corrected chi connectivity index (χ0v) is 16.5. The van der Waals surface area contributed by atoms with Crippen molar-refractivity contribution in [3.63, 3.8) is 0 Å². The fraction of sp³-hybridized carbons (Fsp3) is 0.579. The summed E-state index contributed by atoms with van der Waals surface area (Å²) in [5.74, 6) is -0.218. The van der Waals surface area contributed by atoms with Gasteiger partial charge in [0.1, 0.15) is 12.5 Å². The molecule has 3 rings (SSSR count). The van der Waals surface area contributed by atoms with Gasteiger partial charge in [-0.3, -0.25) is 0 Å². The summed E-state index contributed by atoms with van der Waals surface area (Å²) in [4.78, 5) is 0. The van der Waals surface area contributed by atoms with Crippen molar-refractivity contribution in [1.82, 2.24) is 4.57 Å². The van der Waals surface area contributed by atoms with Gasteiger partial charge in [0.2, 0.25) is 0 Å². The van der Waals surface area contributed by atoms with E-state index in [1.165, 1.54) is 0 Å². The molecule has 0 bridgehead atoms. The van der Waals surface area contributed by atoms with Gasteiger partial charge in [0.25, 0.3) is 0 Å². The lowest BCUT2D eigenvalue weighted by molar-refractivity contribution is 0.0902. The first kappa shape index (κ1) is 18.4. The maximum atomic E-state index is 14.1. The molecule has 1 fully saturated rings. The number of hydrogen-bond donors (Lipinski definition) is 1. The number of anilines is 1. The van der Waals surface area contributed by atoms with Crippen LogP contribution in [0.15, 0.2) is 24.4 Å². The summed E-state index contributed by atoms with van der Waals surface area (Å²) in [5.41, 5.74) is 1.74. The number of hydrogen-bond acceptors (Lipinski definition) is 3. The number of rotatable bonds is 7. The fourth-order valence-corrected chi connectivity index (χ4v) is 3.85. The first-order valence-electron chi connectivity index (χ1n) is 9.13. The van der Waals surface area contributed by atoms with E-state index in [1.54, 1.807) is 12.1 Å². The number of nitrogens with zero attached hydrogens (tertiary/aromatic N) is 1. The van der Waals surface area contributed by atoms with Crippen LogP contribution in [-0.2, 0) is 16.2 Å². The molecule has 1 aromatic heterocycles. The molecule has 0 amide bonds. The molecule has 6 heteroatoms. The third kappa shape index (κ3) is 5.06. The van der Waals surface area contributed by atoms with E-state index in [1.807, 2.05) is 16.8 Å². The minimum Gasteiger partial charge on any atom is -0.382 e. The van der Waals surface area contributed by atoms with Crippen molar-refractivity contribution in [3.05, 3.63) is 30.2 Å². The molecule has 0 radical (unpaired) electrons. The van der Waals surface area contributed by atoms with E-state index in [0.717, 1.165) is 55.3 Å². The summed E-state index contributed by atoms with van der Waals surface area (Å²) in [6, 6.07) is 6.70. The largest absolute Gasteiger partial charge is 0.382 e. The third-order valence-corrected chi connectivity index (χ3v) is 6.37. The normalized spacial score (nSPS) is 16.5. The Balaban J connectivity index is 1.71. The SMILES string of the molecule is C[Si](C)(C)CCOCn1ccc2c(NC3CCOCC3)cc(F)cc21. The first-order valence-corrected chi connectivity index (χ1v) is 12.8. The molecule has 1 saturated heterocycles. The Labute approximate surface area is 150 Å². The van der Waals surface area contributed by atoms with Gasteiger partial charge in [0.15, 0.2) is 0 Å². The van der Waals surface area contributed by atoms with Crippen LogP contribution >= 0.6 is 0 Å². The smallest absolute Gasteiger partial charge is 0.127 e. The minimum atomic E-state index is -1.09. The Kier molecular flexibility index (Phi) is 5.81. The molecule has 0 atom stereocenters. The molecule has 2 heterocycles. The van der Waals surface area contributed by atoms with Crippen molar-refractivity contribution < 1.29 is 13.9 Å². The van der Waals surface area contributed by atoms with Crippen LogP contribution in [0.3, 0.4) is 0 Å². The highest BCUT2D eigenvalue weighted by Gasteiger charge is 2.16. The average molecular weight is 365 g/mol. The fourth-order valence-electron chi connectivity index (χ4n) is 3.10. The Bertz CT molecular complexity index is 705. The first-order chi connectivity index (χ1) is 11.9. The summed E-state index contributed by atoms with van der Waals surface area (Å²) < 4.78 is 27.4. The maximum absolute atomic E-state index is 14.1. The molecule has 4 nitrogen and oxygen atoms in total. The van der Waals surface area contributed by atoms with Crippen molar-refractivity contribution in [2.75, 3.05) is 25.1 Å². The average Bonchev–Trinajstić information content (AvgIpc) is 2.95. The highest BCUT2D eigenvalue weighted by Crippen LogP contribution is 2.28. The van der Waals surface area contributed by atoms with Crippen LogP contribution in [0.5, 0.6) is 0 Å². The van der Waals surface area contributed by atoms with Gasteiger partial charge in [0, 0.05) is 51.2 Å². The van der Waals surface area contributed by atoms with Crippen molar-refractivity contribution in [1.29, 1.82) is 0 Å². The van der Waals surface area contributed by atoms with Crippen LogP contribution in [0, 0.1) is 5.82 Å². The van der Waals surface area contributed by atoms with Gasteiger partial charge in [0.05, 0.1) is 5.52 Å². The molecular weight excluding hydrogens is 335 g/mol. The van der Waals surface area contributed by atoms with Gasteiger partial charge in [-0.25, -0.2) is 4.39 Å². The highest BCUT2D eigenvalue weighted by atomic mass is 28.3. The Morgan fingerprint density at radius 3 is 2.76 bits per heavy atom. The van der Waals surface area contributed by atoms with Gasteiger partial charge >= 0.3 is 0 Å². The summed E-state index contributed by atoms with van der Waals surface area (Å²) in [5, 5.41) is 4.54. The molecule has 0 saturated carbocycles. The molecule has 1 N–H and O–H groups in total. The standard InChI is InChI=1S/C19H29FN2O2Si/c1-25(2,3)11-10-24-14-22-7-4-17-18(12-15(20)13-19(17)22)21-16-5-8-23-9-6-16/h4,7,12-13,16,21H,5-6,8-11,14H2,1-3H3. The third-order valence-electron chi connectivity index (χ3n) is 4.66. The second-order valence-corrected chi connectivity index (χ2v) is 13.7. The summed E-state index contributed by atoms with van der Waals surface area (Å²) in [7, 11) is -1.09. The van der Waals surface area contributed by atoms with Gasteiger partial charge < -0.3 is 19.4 Å². The molecule has 25 heavy (non-hydrogen) atoms. The Hall–Kier alpha value is -1.37. The van der Waals surface area contributed by atoms with E-state index >= 15 is 0 Å². The minimum absolute atomic E-state index is 0.218. The summed E-state index contributed by atoms with van der Waals surface area (Å²) in [6.07, 6.45) is 3.89. The van der Waals surface area contributed by atoms with Gasteiger partial charge in [-0.05, 0) is 37.1 Å². The van der Waals surface area contributed by atoms with Crippen molar-refractivity contribution in [2.24, 2.45) is 0 Å². The second kappa shape index (κ2) is 7.89. The van der Waals surface area contributed by atoms with Crippen LogP contribution in [0.25, 0.3) is 10.9 Å². The molecule has 138 valence electrons. The number of fused-ring (bicyclic) bond motifs is 1. The van der Waals surface area contributed by atoms with Gasteiger partial charge in [-0.15, -0.1) is 0 Å². The number of benzene rings is 1. The Morgan fingerprint density at radius 1 is 1.28 bits per heavy atom. The topological polar surface area (TPSA) is 35.4 Å². The number of halogens is 1. The predicted molar refractivity (Wildman–Crippen MR) is 103 cm³/mol. The second-order valence-electron chi connectivity index (χ2n) is 8.05. The van der Waals surface area contributed by atoms with Crippen LogP contribution in [-0.4, -0.2) is 38.5 Å². The monoisotopic (exact) mass is 364 g/mol. The lowest BCUT2D eigenvalue weighted by Gasteiger charge is -2.24. The predicted octanol–water partition coefficient (Wildman–Crippen LogP) is 4.68. The molecule has 0 unspecified atom stereocenters. The van der Waals surface area contributed by atoms with Gasteiger partial charge in [-0.1, -0.05) is 19.6 Å². The van der Waals surface area contributed by atoms with E-state index in [-0.39, 0.29) is 5.82 Å². The van der Waals surface area contributed by atoms with E-state index in [9.17, 15) is 4.39 Å². The molecule has 0 spiro atoms. The molecule has 1 aliphatic rings. The Morgan fingerprint density at radius 2 is 2.04 bits per heavy atom. The van der Waals surface area contributed by atoms with Crippen molar-refractivity contribution in [2.45, 2.75) is 51.3 Å². The molecule has 1 aromatic carbocycles. The summed E-state index contributed by atoms with van der Waals surface area (Å²) in [6.45, 7) is 9.78. The number of aromatic nitrogens is 1. The van der Waals surface area contributed by atoms with Crippen LogP contribution in [0.4, 0.5) is 10.1 Å². The zero-order valence-electron chi connectivity index (χ0n) is 15.5. The maximum Gasteiger partial charge on any atom is 0.127 e. The molecule has 0 aliphatic carbocycles. The quantitative estimate of drug-likeness (QED) is 0.572. The van der Waals surface area contributed by atoms with Crippen molar-refractivity contribution >= 4 is 24.7 Å². The summed E-state index contributed by atoms with van der Waals surface area (Å²) >= 11 is 0. The van der Waals surface area contributed by atoms with Crippen LogP contribution < -0.4 is 5.32 Å². The lowest BCUT2D eigenvalue weighted by Crippen LogP contribution is -2.27. The van der Waals surface area contributed by atoms with Crippen molar-refractivity contribution in [3.8, 4) is 0 Å². The van der Waals surface area contributed by atoms with E-state index in [0.29, 0.717) is 12.8 Å². The molecular formula is C19H29FN2O2Si. The van der Waals surface area contributed by atoms with Crippen LogP contribution in [0.2, 0.25) is 25.7 Å².